The Morgan fingerprint density at radius 2 is 1.71 bits per heavy atom. The standard InChI is InChI=1S/C13H20N6O2/c1-17-5-3-15-11(17)8-19(7-10(14)13(20)21)9-12-16-4-6-18(12)2/h3-6,10H,7-9,14H2,1-2H3,(H,20,21). The largest absolute Gasteiger partial charge is 0.480 e. The lowest BCUT2D eigenvalue weighted by molar-refractivity contribution is -0.139. The molecule has 1 unspecified atom stereocenters. The third-order valence-electron chi connectivity index (χ3n) is 3.34. The summed E-state index contributed by atoms with van der Waals surface area (Å²) in [5, 5.41) is 9.00. The van der Waals surface area contributed by atoms with Crippen LogP contribution in [0.4, 0.5) is 0 Å². The molecule has 0 radical (unpaired) electrons. The number of imidazole rings is 2. The van der Waals surface area contributed by atoms with Crippen molar-refractivity contribution in [1.82, 2.24) is 24.0 Å². The van der Waals surface area contributed by atoms with Gasteiger partial charge in [-0.05, 0) is 0 Å². The minimum atomic E-state index is -1.01. The number of aliphatic carboxylic acids is 1. The predicted octanol–water partition coefficient (Wildman–Crippen LogP) is -0.432. The van der Waals surface area contributed by atoms with Gasteiger partial charge in [-0.25, -0.2) is 9.97 Å². The fourth-order valence-corrected chi connectivity index (χ4v) is 2.04. The molecule has 2 heterocycles. The van der Waals surface area contributed by atoms with Gasteiger partial charge in [0.05, 0.1) is 13.1 Å². The van der Waals surface area contributed by atoms with Crippen molar-refractivity contribution < 1.29 is 9.90 Å². The van der Waals surface area contributed by atoms with Crippen LogP contribution in [0.3, 0.4) is 0 Å². The number of carboxylic acids is 1. The molecular formula is C13H20N6O2. The molecule has 0 aliphatic carbocycles. The van der Waals surface area contributed by atoms with Crippen LogP contribution in [0, 0.1) is 0 Å². The molecule has 0 aromatic carbocycles. The van der Waals surface area contributed by atoms with Gasteiger partial charge < -0.3 is 20.0 Å². The van der Waals surface area contributed by atoms with Gasteiger partial charge in [0.25, 0.3) is 0 Å². The molecule has 0 aliphatic rings. The zero-order valence-corrected chi connectivity index (χ0v) is 12.2. The monoisotopic (exact) mass is 292 g/mol. The fourth-order valence-electron chi connectivity index (χ4n) is 2.04. The second kappa shape index (κ2) is 6.51. The van der Waals surface area contributed by atoms with Crippen molar-refractivity contribution >= 4 is 5.97 Å². The minimum Gasteiger partial charge on any atom is -0.480 e. The maximum Gasteiger partial charge on any atom is 0.321 e. The first-order chi connectivity index (χ1) is 9.97. The van der Waals surface area contributed by atoms with Gasteiger partial charge in [-0.3, -0.25) is 9.69 Å². The second-order valence-corrected chi connectivity index (χ2v) is 5.02. The number of carbonyl (C=O) groups is 1. The van der Waals surface area contributed by atoms with E-state index in [1.165, 1.54) is 0 Å². The van der Waals surface area contributed by atoms with E-state index in [2.05, 4.69) is 9.97 Å². The van der Waals surface area contributed by atoms with Crippen LogP contribution in [-0.4, -0.2) is 47.7 Å². The summed E-state index contributed by atoms with van der Waals surface area (Å²) in [4.78, 5) is 21.4. The number of nitrogens with zero attached hydrogens (tertiary/aromatic N) is 5. The molecular weight excluding hydrogens is 272 g/mol. The molecule has 1 atom stereocenters. The van der Waals surface area contributed by atoms with Crippen molar-refractivity contribution in [1.29, 1.82) is 0 Å². The highest BCUT2D eigenvalue weighted by Crippen LogP contribution is 2.07. The third-order valence-corrected chi connectivity index (χ3v) is 3.34. The third kappa shape index (κ3) is 3.89. The molecule has 0 amide bonds. The van der Waals surface area contributed by atoms with Crippen LogP contribution in [-0.2, 0) is 32.0 Å². The van der Waals surface area contributed by atoms with Gasteiger partial charge in [-0.1, -0.05) is 0 Å². The Hall–Kier alpha value is -2.19. The Bertz CT molecular complexity index is 563. The maximum absolute atomic E-state index is 11.0. The maximum atomic E-state index is 11.0. The van der Waals surface area contributed by atoms with E-state index in [0.717, 1.165) is 11.6 Å². The van der Waals surface area contributed by atoms with E-state index in [-0.39, 0.29) is 6.54 Å². The summed E-state index contributed by atoms with van der Waals surface area (Å²) in [6.45, 7) is 1.25. The molecule has 0 aliphatic heterocycles. The van der Waals surface area contributed by atoms with Crippen molar-refractivity contribution in [2.75, 3.05) is 6.54 Å². The molecule has 0 saturated heterocycles. The van der Waals surface area contributed by atoms with E-state index >= 15 is 0 Å². The first-order valence-electron chi connectivity index (χ1n) is 6.60. The summed E-state index contributed by atoms with van der Waals surface area (Å²) in [7, 11) is 3.80. The fraction of sp³-hybridized carbons (Fsp3) is 0.462. The number of nitrogens with two attached hydrogens (primary N) is 1. The minimum absolute atomic E-state index is 0.231. The molecule has 8 nitrogen and oxygen atoms in total. The van der Waals surface area contributed by atoms with Gasteiger partial charge in [0.15, 0.2) is 0 Å². The number of carboxylic acid groups (broad SMARTS) is 1. The summed E-state index contributed by atoms with van der Waals surface area (Å²) < 4.78 is 3.80. The van der Waals surface area contributed by atoms with Crippen molar-refractivity contribution in [3.05, 3.63) is 36.4 Å². The van der Waals surface area contributed by atoms with Crippen LogP contribution in [0.25, 0.3) is 0 Å². The molecule has 0 spiro atoms. The van der Waals surface area contributed by atoms with E-state index in [1.807, 2.05) is 40.5 Å². The summed E-state index contributed by atoms with van der Waals surface area (Å²) >= 11 is 0. The first-order valence-corrected chi connectivity index (χ1v) is 6.60. The lowest BCUT2D eigenvalue weighted by Crippen LogP contribution is -2.42. The number of hydrogen-bond donors (Lipinski definition) is 2. The predicted molar refractivity (Wildman–Crippen MR) is 76.1 cm³/mol. The molecule has 2 rings (SSSR count). The van der Waals surface area contributed by atoms with Gasteiger partial charge in [0.2, 0.25) is 0 Å². The lowest BCUT2D eigenvalue weighted by atomic mass is 10.2. The van der Waals surface area contributed by atoms with E-state index in [4.69, 9.17) is 10.8 Å². The zero-order valence-electron chi connectivity index (χ0n) is 12.2. The highest BCUT2D eigenvalue weighted by Gasteiger charge is 2.19. The highest BCUT2D eigenvalue weighted by atomic mass is 16.4. The van der Waals surface area contributed by atoms with Gasteiger partial charge in [0.1, 0.15) is 17.7 Å². The Kier molecular flexibility index (Phi) is 4.71. The molecule has 2 aromatic heterocycles. The van der Waals surface area contributed by atoms with Crippen molar-refractivity contribution in [2.24, 2.45) is 19.8 Å². The van der Waals surface area contributed by atoms with Crippen LogP contribution in [0.2, 0.25) is 0 Å². The molecule has 2 aromatic rings. The first kappa shape index (κ1) is 15.2. The van der Waals surface area contributed by atoms with Crippen molar-refractivity contribution in [3.8, 4) is 0 Å². The Morgan fingerprint density at radius 3 is 2.05 bits per heavy atom. The van der Waals surface area contributed by atoms with Gasteiger partial charge in [0, 0.05) is 45.4 Å². The summed E-state index contributed by atoms with van der Waals surface area (Å²) in [6.07, 6.45) is 7.13. The topological polar surface area (TPSA) is 102 Å². The van der Waals surface area contributed by atoms with E-state index in [1.54, 1.807) is 12.4 Å². The quantitative estimate of drug-likeness (QED) is 0.718. The Balaban J connectivity index is 2.12. The number of hydrogen-bond acceptors (Lipinski definition) is 5. The smallest absolute Gasteiger partial charge is 0.321 e. The van der Waals surface area contributed by atoms with Gasteiger partial charge >= 0.3 is 5.97 Å². The average Bonchev–Trinajstić information content (AvgIpc) is 3.00. The number of aromatic nitrogens is 4. The zero-order chi connectivity index (χ0) is 15.4. The number of rotatable bonds is 7. The average molecular weight is 292 g/mol. The van der Waals surface area contributed by atoms with Crippen LogP contribution in [0.5, 0.6) is 0 Å². The molecule has 114 valence electrons. The van der Waals surface area contributed by atoms with Crippen LogP contribution < -0.4 is 5.73 Å². The Labute approximate surface area is 122 Å². The summed E-state index contributed by atoms with van der Waals surface area (Å²) in [5.41, 5.74) is 5.66. The lowest BCUT2D eigenvalue weighted by Gasteiger charge is -2.23. The second-order valence-electron chi connectivity index (χ2n) is 5.02. The van der Waals surface area contributed by atoms with E-state index in [9.17, 15) is 4.79 Å². The van der Waals surface area contributed by atoms with E-state index in [0.29, 0.717) is 13.1 Å². The molecule has 21 heavy (non-hydrogen) atoms. The molecule has 0 saturated carbocycles. The molecule has 3 N–H and O–H groups in total. The normalized spacial score (nSPS) is 12.8. The van der Waals surface area contributed by atoms with Crippen molar-refractivity contribution in [2.45, 2.75) is 19.1 Å². The van der Waals surface area contributed by atoms with Crippen LogP contribution in [0.1, 0.15) is 11.6 Å². The van der Waals surface area contributed by atoms with Crippen LogP contribution >= 0.6 is 0 Å². The van der Waals surface area contributed by atoms with E-state index < -0.39 is 12.0 Å². The summed E-state index contributed by atoms with van der Waals surface area (Å²) in [5.74, 6) is 0.684. The number of aryl methyl sites for hydroxylation is 2. The summed E-state index contributed by atoms with van der Waals surface area (Å²) in [6, 6.07) is -0.939. The van der Waals surface area contributed by atoms with Gasteiger partial charge in [-0.2, -0.15) is 0 Å². The Morgan fingerprint density at radius 1 is 1.24 bits per heavy atom. The van der Waals surface area contributed by atoms with Gasteiger partial charge in [-0.15, -0.1) is 0 Å². The van der Waals surface area contributed by atoms with Crippen molar-refractivity contribution in [3.63, 3.8) is 0 Å². The molecule has 8 heteroatoms. The highest BCUT2D eigenvalue weighted by molar-refractivity contribution is 5.73. The van der Waals surface area contributed by atoms with Crippen LogP contribution in [0.15, 0.2) is 24.8 Å². The molecule has 0 fully saturated rings. The molecule has 0 bridgehead atoms. The SMILES string of the molecule is Cn1ccnc1CN(Cc1nccn1C)CC(N)C(=O)O.